The highest BCUT2D eigenvalue weighted by molar-refractivity contribution is 6.05. The van der Waals surface area contributed by atoms with Crippen molar-refractivity contribution in [2.45, 2.75) is 25.7 Å². The first kappa shape index (κ1) is 14.3. The monoisotopic (exact) mass is 293 g/mol. The molecule has 0 bridgehead atoms. The zero-order chi connectivity index (χ0) is 15.0. The Bertz CT molecular complexity index is 480. The highest BCUT2D eigenvalue weighted by Crippen LogP contribution is 2.39. The van der Waals surface area contributed by atoms with E-state index in [9.17, 15) is 19.5 Å². The summed E-state index contributed by atoms with van der Waals surface area (Å²) in [5, 5.41) is 9.56. The minimum absolute atomic E-state index is 0.0175. The van der Waals surface area contributed by atoms with Crippen molar-refractivity contribution in [1.29, 1.82) is 0 Å². The maximum Gasteiger partial charge on any atom is 0.311 e. The molecule has 1 aliphatic carbocycles. The summed E-state index contributed by atoms with van der Waals surface area (Å²) in [6.07, 6.45) is 5.69. The van der Waals surface area contributed by atoms with Gasteiger partial charge in [-0.2, -0.15) is 0 Å². The molecule has 114 valence electrons. The standard InChI is InChI=1S/C15H19NO5/c17-12-10-3-1-2-4-11(10)13(18)16(12)9-15(14(19)20)5-7-21-8-6-15/h1-2,10-11H,3-9H2,(H,19,20). The number of fused-ring (bicyclic) bond motifs is 1. The minimum atomic E-state index is -1.05. The molecule has 0 aromatic carbocycles. The van der Waals surface area contributed by atoms with Crippen molar-refractivity contribution >= 4 is 17.8 Å². The molecule has 0 aromatic heterocycles. The Morgan fingerprint density at radius 2 is 1.71 bits per heavy atom. The summed E-state index contributed by atoms with van der Waals surface area (Å²) >= 11 is 0. The molecule has 2 saturated heterocycles. The molecule has 21 heavy (non-hydrogen) atoms. The lowest BCUT2D eigenvalue weighted by Crippen LogP contribution is -2.48. The SMILES string of the molecule is O=C1C2CC=CCC2C(=O)N1CC1(C(=O)O)CCOCC1. The van der Waals surface area contributed by atoms with E-state index in [4.69, 9.17) is 4.74 Å². The van der Waals surface area contributed by atoms with E-state index in [1.54, 1.807) is 0 Å². The first-order valence-electron chi connectivity index (χ1n) is 7.36. The van der Waals surface area contributed by atoms with Crippen molar-refractivity contribution in [2.75, 3.05) is 19.8 Å². The van der Waals surface area contributed by atoms with Crippen molar-refractivity contribution < 1.29 is 24.2 Å². The van der Waals surface area contributed by atoms with Crippen LogP contribution in [0.1, 0.15) is 25.7 Å². The summed E-state index contributed by atoms with van der Waals surface area (Å²) < 4.78 is 5.23. The van der Waals surface area contributed by atoms with Crippen LogP contribution in [0, 0.1) is 17.3 Å². The number of nitrogens with zero attached hydrogens (tertiary/aromatic N) is 1. The Morgan fingerprint density at radius 3 is 2.19 bits per heavy atom. The van der Waals surface area contributed by atoms with Gasteiger partial charge >= 0.3 is 5.97 Å². The number of ether oxygens (including phenoxy) is 1. The van der Waals surface area contributed by atoms with Crippen LogP contribution >= 0.6 is 0 Å². The van der Waals surface area contributed by atoms with Crippen molar-refractivity contribution in [3.8, 4) is 0 Å². The number of hydrogen-bond acceptors (Lipinski definition) is 4. The fourth-order valence-corrected chi connectivity index (χ4v) is 3.53. The highest BCUT2D eigenvalue weighted by atomic mass is 16.5. The zero-order valence-electron chi connectivity index (χ0n) is 11.8. The predicted octanol–water partition coefficient (Wildman–Crippen LogP) is 0.819. The summed E-state index contributed by atoms with van der Waals surface area (Å²) in [6, 6.07) is 0. The van der Waals surface area contributed by atoms with E-state index in [0.717, 1.165) is 0 Å². The molecule has 6 nitrogen and oxygen atoms in total. The van der Waals surface area contributed by atoms with Gasteiger partial charge in [-0.3, -0.25) is 19.3 Å². The Morgan fingerprint density at radius 1 is 1.19 bits per heavy atom. The van der Waals surface area contributed by atoms with Gasteiger partial charge in [0.2, 0.25) is 11.8 Å². The number of allylic oxidation sites excluding steroid dienone is 2. The van der Waals surface area contributed by atoms with Crippen molar-refractivity contribution in [3.63, 3.8) is 0 Å². The fraction of sp³-hybridized carbons (Fsp3) is 0.667. The highest BCUT2D eigenvalue weighted by Gasteiger charge is 2.51. The second-order valence-corrected chi connectivity index (χ2v) is 6.12. The molecule has 2 amide bonds. The van der Waals surface area contributed by atoms with Crippen LogP contribution in [0.3, 0.4) is 0 Å². The van der Waals surface area contributed by atoms with Crippen molar-refractivity contribution in [1.82, 2.24) is 4.90 Å². The third kappa shape index (κ3) is 2.27. The maximum atomic E-state index is 12.4. The van der Waals surface area contributed by atoms with Crippen LogP contribution in [0.15, 0.2) is 12.2 Å². The number of carboxylic acids is 1. The molecule has 3 rings (SSSR count). The van der Waals surface area contributed by atoms with Gasteiger partial charge in [-0.25, -0.2) is 0 Å². The van der Waals surface area contributed by atoms with Gasteiger partial charge in [-0.1, -0.05) is 12.2 Å². The van der Waals surface area contributed by atoms with Gasteiger partial charge in [0.1, 0.15) is 0 Å². The average Bonchev–Trinajstić information content (AvgIpc) is 2.74. The third-order valence-electron chi connectivity index (χ3n) is 4.96. The Kier molecular flexibility index (Phi) is 3.57. The lowest BCUT2D eigenvalue weighted by Gasteiger charge is -2.35. The maximum absolute atomic E-state index is 12.4. The van der Waals surface area contributed by atoms with E-state index in [1.165, 1.54) is 4.90 Å². The summed E-state index contributed by atoms with van der Waals surface area (Å²) in [5.74, 6) is -1.95. The minimum Gasteiger partial charge on any atom is -0.481 e. The number of carboxylic acid groups (broad SMARTS) is 1. The lowest BCUT2D eigenvalue weighted by molar-refractivity contribution is -0.159. The van der Waals surface area contributed by atoms with Crippen LogP contribution in [-0.2, 0) is 19.1 Å². The number of hydrogen-bond donors (Lipinski definition) is 1. The summed E-state index contributed by atoms with van der Waals surface area (Å²) in [5.41, 5.74) is -1.05. The van der Waals surface area contributed by atoms with E-state index in [2.05, 4.69) is 0 Å². The van der Waals surface area contributed by atoms with E-state index >= 15 is 0 Å². The molecule has 3 aliphatic rings. The molecule has 2 heterocycles. The van der Waals surface area contributed by atoms with Gasteiger partial charge < -0.3 is 9.84 Å². The normalized spacial score (nSPS) is 31.3. The molecular weight excluding hydrogens is 274 g/mol. The number of aliphatic carboxylic acids is 1. The van der Waals surface area contributed by atoms with Crippen LogP contribution < -0.4 is 0 Å². The largest absolute Gasteiger partial charge is 0.481 e. The molecule has 2 unspecified atom stereocenters. The Hall–Kier alpha value is -1.69. The topological polar surface area (TPSA) is 83.9 Å². The second-order valence-electron chi connectivity index (χ2n) is 6.12. The van der Waals surface area contributed by atoms with E-state index in [1.807, 2.05) is 12.2 Å². The molecule has 2 fully saturated rings. The van der Waals surface area contributed by atoms with Gasteiger partial charge in [0.15, 0.2) is 0 Å². The van der Waals surface area contributed by atoms with Crippen LogP contribution in [0.5, 0.6) is 0 Å². The Labute approximate surface area is 122 Å². The van der Waals surface area contributed by atoms with Crippen LogP contribution in [-0.4, -0.2) is 47.5 Å². The molecule has 6 heteroatoms. The van der Waals surface area contributed by atoms with Gasteiger partial charge in [-0.15, -0.1) is 0 Å². The number of amides is 2. The zero-order valence-corrected chi connectivity index (χ0v) is 11.8. The smallest absolute Gasteiger partial charge is 0.311 e. The Balaban J connectivity index is 1.82. The first-order chi connectivity index (χ1) is 10.1. The number of carbonyl (C=O) groups excluding carboxylic acids is 2. The number of likely N-dealkylation sites (tertiary alicyclic amines) is 1. The predicted molar refractivity (Wildman–Crippen MR) is 72.2 cm³/mol. The fourth-order valence-electron chi connectivity index (χ4n) is 3.53. The molecule has 2 aliphatic heterocycles. The van der Waals surface area contributed by atoms with Crippen LogP contribution in [0.4, 0.5) is 0 Å². The van der Waals surface area contributed by atoms with E-state index < -0.39 is 11.4 Å². The van der Waals surface area contributed by atoms with Gasteiger partial charge in [0.25, 0.3) is 0 Å². The molecule has 0 aromatic rings. The number of carbonyl (C=O) groups is 3. The molecule has 0 radical (unpaired) electrons. The summed E-state index contributed by atoms with van der Waals surface area (Å²) in [7, 11) is 0. The summed E-state index contributed by atoms with van der Waals surface area (Å²) in [6.45, 7) is 0.699. The van der Waals surface area contributed by atoms with E-state index in [-0.39, 0.29) is 30.2 Å². The first-order valence-corrected chi connectivity index (χ1v) is 7.36. The third-order valence-corrected chi connectivity index (χ3v) is 4.96. The molecule has 0 saturated carbocycles. The lowest BCUT2D eigenvalue weighted by atomic mass is 9.79. The average molecular weight is 293 g/mol. The quantitative estimate of drug-likeness (QED) is 0.615. The molecule has 2 atom stereocenters. The number of rotatable bonds is 3. The molecule has 1 N–H and O–H groups in total. The van der Waals surface area contributed by atoms with Crippen LogP contribution in [0.2, 0.25) is 0 Å². The second kappa shape index (κ2) is 5.26. The van der Waals surface area contributed by atoms with E-state index in [0.29, 0.717) is 38.9 Å². The summed E-state index contributed by atoms with van der Waals surface area (Å²) in [4.78, 5) is 37.7. The van der Waals surface area contributed by atoms with Gasteiger partial charge in [-0.05, 0) is 25.7 Å². The molecular formula is C15H19NO5. The van der Waals surface area contributed by atoms with Crippen LogP contribution in [0.25, 0.3) is 0 Å². The van der Waals surface area contributed by atoms with Crippen molar-refractivity contribution in [2.24, 2.45) is 17.3 Å². The molecule has 0 spiro atoms. The van der Waals surface area contributed by atoms with Crippen molar-refractivity contribution in [3.05, 3.63) is 12.2 Å². The van der Waals surface area contributed by atoms with Gasteiger partial charge in [0.05, 0.1) is 17.3 Å². The number of imide groups is 1. The van der Waals surface area contributed by atoms with Gasteiger partial charge in [0, 0.05) is 19.8 Å².